The standard InChI is InChI=1S/C21H32O2/c1-14(2)7-8-16-13-21(11-9-15(3)4)12-10-17(22)18(19(21)23)20(16,5)6/h7,9,16,18H,8,10-13H2,1-6H3/t16-,18-,21-/m0/s1. The van der Waals surface area contributed by atoms with Crippen molar-refractivity contribution < 1.29 is 9.59 Å². The maximum Gasteiger partial charge on any atom is 0.150 e. The van der Waals surface area contributed by atoms with Gasteiger partial charge in [0.25, 0.3) is 0 Å². The van der Waals surface area contributed by atoms with Gasteiger partial charge in [-0.25, -0.2) is 0 Å². The fourth-order valence-corrected chi connectivity index (χ4v) is 4.46. The van der Waals surface area contributed by atoms with Crippen LogP contribution in [-0.4, -0.2) is 11.6 Å². The smallest absolute Gasteiger partial charge is 0.150 e. The lowest BCUT2D eigenvalue weighted by Gasteiger charge is -2.54. The average Bonchev–Trinajstić information content (AvgIpc) is 2.43. The van der Waals surface area contributed by atoms with E-state index in [9.17, 15) is 9.59 Å². The zero-order valence-corrected chi connectivity index (χ0v) is 15.7. The lowest BCUT2D eigenvalue weighted by Crippen LogP contribution is -2.57. The molecule has 0 N–H and O–H groups in total. The van der Waals surface area contributed by atoms with Gasteiger partial charge in [-0.15, -0.1) is 0 Å². The first kappa shape index (κ1) is 18.2. The highest BCUT2D eigenvalue weighted by Crippen LogP contribution is 2.57. The second kappa shape index (κ2) is 6.37. The Hall–Kier alpha value is -1.18. The van der Waals surface area contributed by atoms with Gasteiger partial charge in [0, 0.05) is 11.8 Å². The van der Waals surface area contributed by atoms with Gasteiger partial charge in [0.15, 0.2) is 0 Å². The maximum atomic E-state index is 13.2. The van der Waals surface area contributed by atoms with Crippen molar-refractivity contribution in [2.75, 3.05) is 0 Å². The number of hydrogen-bond donors (Lipinski definition) is 0. The number of fused-ring (bicyclic) bond motifs is 2. The molecule has 2 fully saturated rings. The zero-order chi connectivity index (χ0) is 17.4. The van der Waals surface area contributed by atoms with Crippen LogP contribution in [0.1, 0.15) is 73.6 Å². The third-order valence-corrected chi connectivity index (χ3v) is 6.10. The lowest BCUT2D eigenvalue weighted by atomic mass is 9.47. The molecule has 2 rings (SSSR count). The van der Waals surface area contributed by atoms with Gasteiger partial charge in [-0.2, -0.15) is 0 Å². The summed E-state index contributed by atoms with van der Waals surface area (Å²) >= 11 is 0. The van der Waals surface area contributed by atoms with Crippen molar-refractivity contribution in [3.63, 3.8) is 0 Å². The molecule has 2 saturated carbocycles. The van der Waals surface area contributed by atoms with E-state index in [1.807, 2.05) is 0 Å². The fraction of sp³-hybridized carbons (Fsp3) is 0.714. The summed E-state index contributed by atoms with van der Waals surface area (Å²) in [6, 6.07) is 0. The number of hydrogen-bond acceptors (Lipinski definition) is 2. The summed E-state index contributed by atoms with van der Waals surface area (Å²) in [5, 5.41) is 0. The topological polar surface area (TPSA) is 34.1 Å². The van der Waals surface area contributed by atoms with Crippen LogP contribution in [0.3, 0.4) is 0 Å². The Labute approximate surface area is 141 Å². The van der Waals surface area contributed by atoms with Crippen LogP contribution in [0, 0.1) is 22.7 Å². The zero-order valence-electron chi connectivity index (χ0n) is 15.7. The molecule has 0 aromatic rings. The van der Waals surface area contributed by atoms with E-state index in [1.54, 1.807) is 0 Å². The van der Waals surface area contributed by atoms with Gasteiger partial charge in [-0.1, -0.05) is 37.1 Å². The van der Waals surface area contributed by atoms with Crippen LogP contribution in [-0.2, 0) is 9.59 Å². The molecule has 128 valence electrons. The number of rotatable bonds is 4. The molecule has 0 amide bonds. The van der Waals surface area contributed by atoms with Gasteiger partial charge in [0.2, 0.25) is 0 Å². The second-order valence-corrected chi connectivity index (χ2v) is 8.77. The lowest BCUT2D eigenvalue weighted by molar-refractivity contribution is -0.161. The van der Waals surface area contributed by atoms with E-state index in [1.165, 1.54) is 11.1 Å². The third-order valence-electron chi connectivity index (χ3n) is 6.10. The van der Waals surface area contributed by atoms with Crippen LogP contribution in [0.5, 0.6) is 0 Å². The molecule has 2 heteroatoms. The van der Waals surface area contributed by atoms with Crippen LogP contribution in [0.25, 0.3) is 0 Å². The van der Waals surface area contributed by atoms with Crippen LogP contribution in [0.4, 0.5) is 0 Å². The van der Waals surface area contributed by atoms with E-state index in [-0.39, 0.29) is 22.4 Å². The predicted octanol–water partition coefficient (Wildman–Crippen LogP) is 5.28. The van der Waals surface area contributed by atoms with E-state index in [2.05, 4.69) is 53.7 Å². The van der Waals surface area contributed by atoms with Crippen LogP contribution in [0.2, 0.25) is 0 Å². The molecule has 0 spiro atoms. The van der Waals surface area contributed by atoms with Gasteiger partial charge in [-0.05, 0) is 64.7 Å². The minimum absolute atomic E-state index is 0.176. The first-order chi connectivity index (χ1) is 10.6. The molecule has 0 unspecified atom stereocenters. The summed E-state index contributed by atoms with van der Waals surface area (Å²) in [4.78, 5) is 25.7. The third kappa shape index (κ3) is 3.36. The highest BCUT2D eigenvalue weighted by Gasteiger charge is 2.59. The van der Waals surface area contributed by atoms with Gasteiger partial charge in [-0.3, -0.25) is 9.59 Å². The Bertz CT molecular complexity index is 556. The van der Waals surface area contributed by atoms with Crippen molar-refractivity contribution in [2.45, 2.75) is 73.6 Å². The molecule has 0 heterocycles. The van der Waals surface area contributed by atoms with Crippen molar-refractivity contribution in [1.29, 1.82) is 0 Å². The van der Waals surface area contributed by atoms with Gasteiger partial charge in [0.1, 0.15) is 11.6 Å². The van der Waals surface area contributed by atoms with Crippen LogP contribution >= 0.6 is 0 Å². The summed E-state index contributed by atoms with van der Waals surface area (Å²) in [6.45, 7) is 12.7. The van der Waals surface area contributed by atoms with E-state index >= 15 is 0 Å². The normalized spacial score (nSPS) is 32.4. The molecule has 0 aromatic carbocycles. The molecule has 0 saturated heterocycles. The van der Waals surface area contributed by atoms with E-state index in [4.69, 9.17) is 0 Å². The summed E-state index contributed by atoms with van der Waals surface area (Å²) in [7, 11) is 0. The van der Waals surface area contributed by atoms with Gasteiger partial charge < -0.3 is 0 Å². The second-order valence-electron chi connectivity index (χ2n) is 8.77. The monoisotopic (exact) mass is 316 g/mol. The van der Waals surface area contributed by atoms with Gasteiger partial charge >= 0.3 is 0 Å². The van der Waals surface area contributed by atoms with E-state index in [0.717, 1.165) is 25.7 Å². The summed E-state index contributed by atoms with van der Waals surface area (Å²) < 4.78 is 0. The molecule has 23 heavy (non-hydrogen) atoms. The van der Waals surface area contributed by atoms with Crippen molar-refractivity contribution >= 4 is 11.6 Å². The van der Waals surface area contributed by atoms with Crippen molar-refractivity contribution in [3.05, 3.63) is 23.3 Å². The SMILES string of the molecule is CC(C)=CC[C@H]1C[C@]2(CC=C(C)C)CCC(=O)[C@@H](C2=O)C1(C)C. The molecular weight excluding hydrogens is 284 g/mol. The molecular formula is C21H32O2. The molecule has 0 aliphatic heterocycles. The quantitative estimate of drug-likeness (QED) is 0.522. The minimum Gasteiger partial charge on any atom is -0.299 e. The maximum absolute atomic E-state index is 13.2. The number of allylic oxidation sites excluding steroid dienone is 4. The van der Waals surface area contributed by atoms with Crippen molar-refractivity contribution in [3.8, 4) is 0 Å². The number of carbonyl (C=O) groups is 2. The minimum atomic E-state index is -0.397. The largest absolute Gasteiger partial charge is 0.299 e. The molecule has 0 aromatic heterocycles. The highest BCUT2D eigenvalue weighted by molar-refractivity contribution is 6.08. The number of Topliss-reactive ketones (excluding diaryl/α,β-unsaturated/α-hetero) is 2. The average molecular weight is 316 g/mol. The summed E-state index contributed by atoms with van der Waals surface area (Å²) in [5.41, 5.74) is 2.04. The van der Waals surface area contributed by atoms with Crippen LogP contribution in [0.15, 0.2) is 23.3 Å². The summed E-state index contributed by atoms with van der Waals surface area (Å²) in [6.07, 6.45) is 8.49. The Balaban J connectivity index is 2.41. The number of carbonyl (C=O) groups excluding carboxylic acids is 2. The Morgan fingerprint density at radius 2 is 1.70 bits per heavy atom. The Kier molecular flexibility index (Phi) is 5.03. The molecule has 3 atom stereocenters. The molecule has 2 nitrogen and oxygen atoms in total. The Morgan fingerprint density at radius 3 is 2.26 bits per heavy atom. The van der Waals surface area contributed by atoms with Crippen molar-refractivity contribution in [1.82, 2.24) is 0 Å². The first-order valence-electron chi connectivity index (χ1n) is 8.94. The van der Waals surface area contributed by atoms with E-state index in [0.29, 0.717) is 12.3 Å². The Morgan fingerprint density at radius 1 is 1.09 bits per heavy atom. The predicted molar refractivity (Wildman–Crippen MR) is 95.2 cm³/mol. The van der Waals surface area contributed by atoms with Crippen molar-refractivity contribution in [2.24, 2.45) is 22.7 Å². The van der Waals surface area contributed by atoms with Gasteiger partial charge in [0.05, 0.1) is 5.92 Å². The first-order valence-corrected chi connectivity index (χ1v) is 8.94. The highest BCUT2D eigenvalue weighted by atomic mass is 16.2. The molecule has 2 bridgehead atoms. The summed E-state index contributed by atoms with van der Waals surface area (Å²) in [5.74, 6) is 0.403. The molecule has 2 aliphatic rings. The molecule has 0 radical (unpaired) electrons. The molecule has 2 aliphatic carbocycles. The van der Waals surface area contributed by atoms with Crippen LogP contribution < -0.4 is 0 Å². The fourth-order valence-electron chi connectivity index (χ4n) is 4.46. The number of ketones is 2. The van der Waals surface area contributed by atoms with E-state index < -0.39 is 5.92 Å².